The predicted octanol–water partition coefficient (Wildman–Crippen LogP) is 2.19. The van der Waals surface area contributed by atoms with Crippen LogP contribution in [0.2, 0.25) is 0 Å². The molecule has 0 fully saturated rings. The maximum Gasteiger partial charge on any atom is 0.107 e. The summed E-state index contributed by atoms with van der Waals surface area (Å²) in [4.78, 5) is 0. The van der Waals surface area contributed by atoms with Crippen LogP contribution in [0.25, 0.3) is 10.9 Å². The van der Waals surface area contributed by atoms with Gasteiger partial charge in [-0.05, 0) is 23.6 Å². The number of alkyl halides is 1. The van der Waals surface area contributed by atoms with Crippen LogP contribution in [0.15, 0.2) is 30.5 Å². The van der Waals surface area contributed by atoms with Gasteiger partial charge in [-0.2, -0.15) is 0 Å². The van der Waals surface area contributed by atoms with Gasteiger partial charge in [0.2, 0.25) is 0 Å². The second-order valence-corrected chi connectivity index (χ2v) is 3.02. The predicted molar refractivity (Wildman–Crippen MR) is 52.3 cm³/mol. The summed E-state index contributed by atoms with van der Waals surface area (Å²) in [6.07, 6.45) is 1.88. The Kier molecular flexibility index (Phi) is 1.93. The molecular formula is C10H11FN2. The van der Waals surface area contributed by atoms with E-state index >= 15 is 0 Å². The first kappa shape index (κ1) is 8.10. The Morgan fingerprint density at radius 1 is 1.31 bits per heavy atom. The molecule has 1 aromatic heterocycles. The Hall–Kier alpha value is -1.51. The number of hydrogen-bond donors (Lipinski definition) is 1. The average molecular weight is 178 g/mol. The number of anilines is 1. The molecular weight excluding hydrogens is 167 g/mol. The van der Waals surface area contributed by atoms with Crippen LogP contribution in [0.1, 0.15) is 0 Å². The number of aromatic nitrogens is 1. The summed E-state index contributed by atoms with van der Waals surface area (Å²) in [6.45, 7) is 0.0472. The molecule has 0 unspecified atom stereocenters. The molecule has 0 atom stereocenters. The van der Waals surface area contributed by atoms with Crippen molar-refractivity contribution in [2.45, 2.75) is 6.54 Å². The summed E-state index contributed by atoms with van der Waals surface area (Å²) in [7, 11) is 0. The molecule has 3 heteroatoms. The van der Waals surface area contributed by atoms with Crippen molar-refractivity contribution >= 4 is 16.6 Å². The van der Waals surface area contributed by atoms with Crippen LogP contribution in [0, 0.1) is 0 Å². The summed E-state index contributed by atoms with van der Waals surface area (Å²) >= 11 is 0. The van der Waals surface area contributed by atoms with E-state index in [0.29, 0.717) is 12.2 Å². The van der Waals surface area contributed by atoms with Crippen LogP contribution < -0.4 is 5.73 Å². The quantitative estimate of drug-likeness (QED) is 0.702. The van der Waals surface area contributed by atoms with Crippen molar-refractivity contribution in [3.05, 3.63) is 30.5 Å². The van der Waals surface area contributed by atoms with Crippen LogP contribution in [0.3, 0.4) is 0 Å². The molecule has 2 aromatic rings. The number of benzene rings is 1. The minimum Gasteiger partial charge on any atom is -0.399 e. The third-order valence-electron chi connectivity index (χ3n) is 2.12. The molecule has 0 radical (unpaired) electrons. The number of nitrogen functional groups attached to an aromatic ring is 1. The summed E-state index contributed by atoms with van der Waals surface area (Å²) < 4.78 is 14.0. The largest absolute Gasteiger partial charge is 0.399 e. The topological polar surface area (TPSA) is 30.9 Å². The fourth-order valence-corrected chi connectivity index (χ4v) is 1.49. The summed E-state index contributed by atoms with van der Waals surface area (Å²) in [5.41, 5.74) is 7.35. The van der Waals surface area contributed by atoms with Gasteiger partial charge >= 0.3 is 0 Å². The van der Waals surface area contributed by atoms with Crippen LogP contribution in [-0.4, -0.2) is 11.2 Å². The van der Waals surface area contributed by atoms with E-state index in [1.807, 2.05) is 35.0 Å². The molecule has 2 rings (SSSR count). The molecule has 1 heterocycles. The van der Waals surface area contributed by atoms with Crippen molar-refractivity contribution in [3.63, 3.8) is 0 Å². The van der Waals surface area contributed by atoms with E-state index in [2.05, 4.69) is 0 Å². The first-order chi connectivity index (χ1) is 6.31. The van der Waals surface area contributed by atoms with Crippen LogP contribution >= 0.6 is 0 Å². The van der Waals surface area contributed by atoms with Gasteiger partial charge in [0.05, 0.1) is 12.1 Å². The Labute approximate surface area is 75.8 Å². The van der Waals surface area contributed by atoms with Crippen LogP contribution in [-0.2, 0) is 6.54 Å². The van der Waals surface area contributed by atoms with Gasteiger partial charge in [-0.15, -0.1) is 0 Å². The van der Waals surface area contributed by atoms with Gasteiger partial charge < -0.3 is 10.3 Å². The molecule has 0 aliphatic rings. The summed E-state index contributed by atoms with van der Waals surface area (Å²) in [5.74, 6) is 0. The van der Waals surface area contributed by atoms with E-state index in [-0.39, 0.29) is 6.67 Å². The van der Waals surface area contributed by atoms with E-state index in [9.17, 15) is 4.39 Å². The molecule has 1 aromatic carbocycles. The van der Waals surface area contributed by atoms with E-state index in [4.69, 9.17) is 5.73 Å². The van der Waals surface area contributed by atoms with Gasteiger partial charge in [0.1, 0.15) is 6.67 Å². The Bertz CT molecular complexity index is 420. The molecule has 68 valence electrons. The molecule has 0 spiro atoms. The highest BCUT2D eigenvalue weighted by Gasteiger charge is 1.99. The van der Waals surface area contributed by atoms with Crippen molar-refractivity contribution < 1.29 is 4.39 Å². The zero-order valence-electron chi connectivity index (χ0n) is 7.20. The van der Waals surface area contributed by atoms with Crippen molar-refractivity contribution in [2.24, 2.45) is 0 Å². The van der Waals surface area contributed by atoms with Gasteiger partial charge in [0.25, 0.3) is 0 Å². The third-order valence-corrected chi connectivity index (χ3v) is 2.12. The number of nitrogens with zero attached hydrogens (tertiary/aromatic N) is 1. The van der Waals surface area contributed by atoms with E-state index in [1.54, 1.807) is 0 Å². The molecule has 2 nitrogen and oxygen atoms in total. The van der Waals surface area contributed by atoms with E-state index in [1.165, 1.54) is 0 Å². The highest BCUT2D eigenvalue weighted by Crippen LogP contribution is 2.18. The lowest BCUT2D eigenvalue weighted by molar-refractivity contribution is 0.451. The minimum atomic E-state index is -0.349. The SMILES string of the molecule is Nc1ccc2ccn(CCF)c2c1. The molecule has 0 amide bonds. The highest BCUT2D eigenvalue weighted by atomic mass is 19.1. The standard InChI is InChI=1S/C10H11FN2/c11-4-6-13-5-3-8-1-2-9(12)7-10(8)13/h1-3,5,7H,4,6,12H2. The molecule has 0 bridgehead atoms. The molecule has 2 N–H and O–H groups in total. The van der Waals surface area contributed by atoms with E-state index in [0.717, 1.165) is 10.9 Å². The van der Waals surface area contributed by atoms with E-state index < -0.39 is 0 Å². The second-order valence-electron chi connectivity index (χ2n) is 3.02. The first-order valence-electron chi connectivity index (χ1n) is 4.21. The number of aryl methyl sites for hydroxylation is 1. The van der Waals surface area contributed by atoms with Gasteiger partial charge in [0, 0.05) is 11.9 Å². The van der Waals surface area contributed by atoms with Crippen molar-refractivity contribution in [1.29, 1.82) is 0 Å². The average Bonchev–Trinajstić information content (AvgIpc) is 2.49. The lowest BCUT2D eigenvalue weighted by Gasteiger charge is -2.01. The lowest BCUT2D eigenvalue weighted by atomic mass is 10.2. The van der Waals surface area contributed by atoms with Crippen LogP contribution in [0.4, 0.5) is 10.1 Å². The van der Waals surface area contributed by atoms with Gasteiger partial charge in [-0.1, -0.05) is 6.07 Å². The number of fused-ring (bicyclic) bond motifs is 1. The highest BCUT2D eigenvalue weighted by molar-refractivity contribution is 5.83. The van der Waals surface area contributed by atoms with Gasteiger partial charge in [0.15, 0.2) is 0 Å². The zero-order valence-corrected chi connectivity index (χ0v) is 7.20. The Morgan fingerprint density at radius 2 is 2.15 bits per heavy atom. The molecule has 0 aliphatic carbocycles. The summed E-state index contributed by atoms with van der Waals surface area (Å²) in [6, 6.07) is 7.62. The number of hydrogen-bond acceptors (Lipinski definition) is 1. The number of rotatable bonds is 2. The lowest BCUT2D eigenvalue weighted by Crippen LogP contribution is -1.97. The van der Waals surface area contributed by atoms with Gasteiger partial charge in [-0.3, -0.25) is 0 Å². The monoisotopic (exact) mass is 178 g/mol. The number of halogens is 1. The van der Waals surface area contributed by atoms with Crippen molar-refractivity contribution in [2.75, 3.05) is 12.4 Å². The normalized spacial score (nSPS) is 10.8. The fourth-order valence-electron chi connectivity index (χ4n) is 1.49. The minimum absolute atomic E-state index is 0.349. The Morgan fingerprint density at radius 3 is 2.92 bits per heavy atom. The Balaban J connectivity index is 2.58. The maximum atomic E-state index is 12.1. The third kappa shape index (κ3) is 1.37. The smallest absolute Gasteiger partial charge is 0.107 e. The first-order valence-corrected chi connectivity index (χ1v) is 4.21. The maximum absolute atomic E-state index is 12.1. The molecule has 13 heavy (non-hydrogen) atoms. The van der Waals surface area contributed by atoms with Crippen molar-refractivity contribution in [1.82, 2.24) is 4.57 Å². The molecule has 0 saturated heterocycles. The fraction of sp³-hybridized carbons (Fsp3) is 0.200. The van der Waals surface area contributed by atoms with Crippen molar-refractivity contribution in [3.8, 4) is 0 Å². The van der Waals surface area contributed by atoms with Crippen LogP contribution in [0.5, 0.6) is 0 Å². The van der Waals surface area contributed by atoms with Gasteiger partial charge in [-0.25, -0.2) is 4.39 Å². The zero-order chi connectivity index (χ0) is 9.26. The second kappa shape index (κ2) is 3.09. The molecule has 0 aliphatic heterocycles. The number of nitrogens with two attached hydrogens (primary N) is 1. The molecule has 0 saturated carbocycles. The summed E-state index contributed by atoms with van der Waals surface area (Å²) in [5, 5.41) is 1.10.